The van der Waals surface area contributed by atoms with Gasteiger partial charge in [0.25, 0.3) is 0 Å². The molecule has 0 aliphatic carbocycles. The molecule has 0 saturated carbocycles. The Hall–Kier alpha value is -0.290. The second kappa shape index (κ2) is 6.05. The van der Waals surface area contributed by atoms with E-state index in [0.717, 1.165) is 10.0 Å². The molecule has 5 heteroatoms. The summed E-state index contributed by atoms with van der Waals surface area (Å²) < 4.78 is 0.768. The van der Waals surface area contributed by atoms with E-state index in [9.17, 15) is 10.2 Å². The number of hydrogen-bond donors (Lipinski definition) is 3. The van der Waals surface area contributed by atoms with Crippen LogP contribution in [0, 0.1) is 12.3 Å². The smallest absolute Gasteiger partial charge is 0.124 e. The second-order valence-corrected chi connectivity index (χ2v) is 5.61. The largest absolute Gasteiger partial charge is 0.507 e. The molecule has 0 heterocycles. The highest BCUT2D eigenvalue weighted by atomic mass is 79.9. The normalized spacial score (nSPS) is 13.1. The molecule has 4 N–H and O–H groups in total. The molecule has 0 bridgehead atoms. The van der Waals surface area contributed by atoms with Gasteiger partial charge in [0.05, 0.1) is 0 Å². The molecule has 0 saturated heterocycles. The van der Waals surface area contributed by atoms with E-state index in [-0.39, 0.29) is 24.8 Å². The number of rotatable bonds is 3. The molecule has 98 valence electrons. The van der Waals surface area contributed by atoms with Crippen molar-refractivity contribution in [2.45, 2.75) is 26.8 Å². The molecule has 0 unspecified atom stereocenters. The summed E-state index contributed by atoms with van der Waals surface area (Å²) in [5.41, 5.74) is 7.06. The first-order valence-electron chi connectivity index (χ1n) is 5.15. The summed E-state index contributed by atoms with van der Waals surface area (Å²) in [6, 6.07) is 3.26. The Labute approximate surface area is 117 Å². The van der Waals surface area contributed by atoms with Crippen molar-refractivity contribution in [3.8, 4) is 5.75 Å². The Morgan fingerprint density at radius 1 is 1.41 bits per heavy atom. The molecule has 1 rings (SSSR count). The number of benzene rings is 1. The van der Waals surface area contributed by atoms with Crippen molar-refractivity contribution in [1.29, 1.82) is 0 Å². The third kappa shape index (κ3) is 3.35. The maximum absolute atomic E-state index is 10.0. The van der Waals surface area contributed by atoms with E-state index in [4.69, 9.17) is 5.73 Å². The third-order valence-corrected chi connectivity index (χ3v) is 3.62. The molecule has 1 atom stereocenters. The minimum absolute atomic E-state index is 0. The van der Waals surface area contributed by atoms with Crippen molar-refractivity contribution >= 4 is 28.3 Å². The van der Waals surface area contributed by atoms with E-state index in [1.165, 1.54) is 0 Å². The van der Waals surface area contributed by atoms with E-state index in [2.05, 4.69) is 15.9 Å². The van der Waals surface area contributed by atoms with E-state index in [1.807, 2.05) is 32.9 Å². The van der Waals surface area contributed by atoms with E-state index in [1.54, 1.807) is 0 Å². The van der Waals surface area contributed by atoms with E-state index >= 15 is 0 Å². The first kappa shape index (κ1) is 16.7. The summed E-state index contributed by atoms with van der Waals surface area (Å²) in [4.78, 5) is 0. The number of aliphatic hydroxyl groups excluding tert-OH is 1. The van der Waals surface area contributed by atoms with Crippen LogP contribution in [-0.4, -0.2) is 16.8 Å². The van der Waals surface area contributed by atoms with Gasteiger partial charge in [0.2, 0.25) is 0 Å². The maximum Gasteiger partial charge on any atom is 0.124 e. The second-order valence-electron chi connectivity index (χ2n) is 4.75. The van der Waals surface area contributed by atoms with Crippen molar-refractivity contribution in [2.24, 2.45) is 11.1 Å². The molecular formula is C12H19BrClNO2. The zero-order valence-corrected chi connectivity index (χ0v) is 12.6. The van der Waals surface area contributed by atoms with Crippen LogP contribution in [0.15, 0.2) is 16.6 Å². The summed E-state index contributed by atoms with van der Waals surface area (Å²) in [6.45, 7) is 5.52. The average molecular weight is 325 g/mol. The predicted molar refractivity (Wildman–Crippen MR) is 75.6 cm³/mol. The zero-order chi connectivity index (χ0) is 12.5. The average Bonchev–Trinajstić information content (AvgIpc) is 2.24. The van der Waals surface area contributed by atoms with Gasteiger partial charge in [-0.3, -0.25) is 0 Å². The lowest BCUT2D eigenvalue weighted by atomic mass is 9.81. The summed E-state index contributed by atoms with van der Waals surface area (Å²) in [6.07, 6.45) is 0. The number of nitrogens with two attached hydrogens (primary N) is 1. The number of phenols is 1. The Balaban J connectivity index is 0.00000256. The SMILES string of the molecule is Cc1ccc(Br)c([C@@H](N)C(C)(C)CO)c1O.Cl. The number of phenolic OH excluding ortho intramolecular Hbond substituents is 1. The van der Waals surface area contributed by atoms with Crippen LogP contribution in [0.4, 0.5) is 0 Å². The molecule has 0 fully saturated rings. The van der Waals surface area contributed by atoms with Crippen molar-refractivity contribution in [3.05, 3.63) is 27.7 Å². The van der Waals surface area contributed by atoms with Crippen molar-refractivity contribution in [1.82, 2.24) is 0 Å². The van der Waals surface area contributed by atoms with Gasteiger partial charge >= 0.3 is 0 Å². The fourth-order valence-corrected chi connectivity index (χ4v) is 2.04. The van der Waals surface area contributed by atoms with Crippen LogP contribution in [0.25, 0.3) is 0 Å². The Kier molecular flexibility index (Phi) is 5.94. The van der Waals surface area contributed by atoms with Gasteiger partial charge in [0.1, 0.15) is 5.75 Å². The van der Waals surface area contributed by atoms with Crippen LogP contribution >= 0.6 is 28.3 Å². The number of aryl methyl sites for hydroxylation is 1. The number of hydrogen-bond acceptors (Lipinski definition) is 3. The summed E-state index contributed by atoms with van der Waals surface area (Å²) in [5, 5.41) is 19.3. The molecule has 0 radical (unpaired) electrons. The van der Waals surface area contributed by atoms with Crippen molar-refractivity contribution in [2.75, 3.05) is 6.61 Å². The maximum atomic E-state index is 10.0. The fourth-order valence-electron chi connectivity index (χ4n) is 1.48. The van der Waals surface area contributed by atoms with E-state index < -0.39 is 11.5 Å². The molecule has 0 aliphatic heterocycles. The molecule has 1 aromatic rings. The third-order valence-electron chi connectivity index (χ3n) is 2.93. The number of aliphatic hydroxyl groups is 1. The van der Waals surface area contributed by atoms with Gasteiger partial charge in [-0.05, 0) is 18.6 Å². The predicted octanol–water partition coefficient (Wildman–Crippen LogP) is 2.90. The lowest BCUT2D eigenvalue weighted by molar-refractivity contribution is 0.131. The van der Waals surface area contributed by atoms with Gasteiger partial charge < -0.3 is 15.9 Å². The fraction of sp³-hybridized carbons (Fsp3) is 0.500. The quantitative estimate of drug-likeness (QED) is 0.801. The van der Waals surface area contributed by atoms with Crippen LogP contribution < -0.4 is 5.73 Å². The highest BCUT2D eigenvalue weighted by Gasteiger charge is 2.30. The minimum atomic E-state index is -0.478. The Bertz CT molecular complexity index is 396. The van der Waals surface area contributed by atoms with Gasteiger partial charge in [0, 0.05) is 28.1 Å². The first-order valence-corrected chi connectivity index (χ1v) is 5.95. The molecule has 0 aromatic heterocycles. The standard InChI is InChI=1S/C12H18BrNO2.ClH/c1-7-4-5-8(13)9(10(7)16)11(14)12(2,3)6-15;/h4-5,11,15-16H,6,14H2,1-3H3;1H/t11-;/m1./s1. The number of aromatic hydroxyl groups is 1. The minimum Gasteiger partial charge on any atom is -0.507 e. The van der Waals surface area contributed by atoms with Crippen molar-refractivity contribution in [3.63, 3.8) is 0 Å². The zero-order valence-electron chi connectivity index (χ0n) is 10.2. The highest BCUT2D eigenvalue weighted by Crippen LogP contribution is 2.40. The van der Waals surface area contributed by atoms with Gasteiger partial charge in [-0.1, -0.05) is 35.8 Å². The van der Waals surface area contributed by atoms with Crippen LogP contribution in [0.3, 0.4) is 0 Å². The van der Waals surface area contributed by atoms with Gasteiger partial charge in [-0.2, -0.15) is 0 Å². The Morgan fingerprint density at radius 2 is 1.94 bits per heavy atom. The van der Waals surface area contributed by atoms with Crippen LogP contribution in [0.5, 0.6) is 5.75 Å². The highest BCUT2D eigenvalue weighted by molar-refractivity contribution is 9.10. The molecule has 3 nitrogen and oxygen atoms in total. The topological polar surface area (TPSA) is 66.5 Å². The first-order chi connectivity index (χ1) is 7.31. The van der Waals surface area contributed by atoms with Crippen molar-refractivity contribution < 1.29 is 10.2 Å². The molecule has 0 amide bonds. The van der Waals surface area contributed by atoms with Gasteiger partial charge in [0.15, 0.2) is 0 Å². The van der Waals surface area contributed by atoms with Gasteiger partial charge in [-0.25, -0.2) is 0 Å². The van der Waals surface area contributed by atoms with Gasteiger partial charge in [-0.15, -0.1) is 12.4 Å². The summed E-state index contributed by atoms with van der Waals surface area (Å²) >= 11 is 3.38. The Morgan fingerprint density at radius 3 is 2.41 bits per heavy atom. The van der Waals surface area contributed by atoms with Crippen LogP contribution in [0.2, 0.25) is 0 Å². The van der Waals surface area contributed by atoms with Crippen LogP contribution in [-0.2, 0) is 0 Å². The molecule has 0 aliphatic rings. The van der Waals surface area contributed by atoms with E-state index in [0.29, 0.717) is 5.56 Å². The lowest BCUT2D eigenvalue weighted by Gasteiger charge is -2.31. The van der Waals surface area contributed by atoms with Crippen LogP contribution in [0.1, 0.15) is 31.0 Å². The summed E-state index contributed by atoms with van der Waals surface area (Å²) in [7, 11) is 0. The molecule has 1 aromatic carbocycles. The molecular weight excluding hydrogens is 305 g/mol. The monoisotopic (exact) mass is 323 g/mol. The molecule has 17 heavy (non-hydrogen) atoms. The number of halogens is 2. The lowest BCUT2D eigenvalue weighted by Crippen LogP contribution is -2.32. The summed E-state index contributed by atoms with van der Waals surface area (Å²) in [5.74, 6) is 0.198. The molecule has 0 spiro atoms.